The number of Topliss-reactive ketones (excluding diaryl/α,β-unsaturated/α-hetero) is 1. The number of unbranched alkanes of at least 4 members (excludes halogenated alkanes) is 3. The minimum atomic E-state index is -1.42. The van der Waals surface area contributed by atoms with Gasteiger partial charge in [0, 0.05) is 0 Å². The molecule has 0 heterocycles. The number of oxime groups is 1. The predicted molar refractivity (Wildman–Crippen MR) is 60.9 cm³/mol. The topological polar surface area (TPSA) is 76.0 Å². The fraction of sp³-hybridized carbons (Fsp3) is 0.700. The molecule has 0 amide bonds. The molecule has 0 atom stereocenters. The molecule has 0 fully saturated rings. The molecule has 16 heavy (non-hydrogen) atoms. The van der Waals surface area contributed by atoms with Gasteiger partial charge in [-0.1, -0.05) is 24.9 Å². The highest BCUT2D eigenvalue weighted by Gasteiger charge is 2.19. The zero-order chi connectivity index (χ0) is 12.4. The third-order valence-electron chi connectivity index (χ3n) is 1.83. The van der Waals surface area contributed by atoms with Gasteiger partial charge in [0.05, 0.1) is 5.88 Å². The summed E-state index contributed by atoms with van der Waals surface area (Å²) in [6.45, 7) is 2.40. The van der Waals surface area contributed by atoms with E-state index in [1.165, 1.54) is 0 Å². The zero-order valence-corrected chi connectivity index (χ0v) is 10.00. The van der Waals surface area contributed by atoms with Crippen LogP contribution in [-0.2, 0) is 14.4 Å². The molecular weight excluding hydrogens is 234 g/mol. The molecule has 1 N–H and O–H groups in total. The molecule has 5 nitrogen and oxygen atoms in total. The van der Waals surface area contributed by atoms with Crippen molar-refractivity contribution in [2.45, 2.75) is 32.6 Å². The largest absolute Gasteiger partial charge is 0.476 e. The van der Waals surface area contributed by atoms with Crippen molar-refractivity contribution < 1.29 is 19.5 Å². The van der Waals surface area contributed by atoms with E-state index in [2.05, 4.69) is 12.1 Å². The molecule has 0 aliphatic heterocycles. The Kier molecular flexibility index (Phi) is 8.52. The average molecular weight is 250 g/mol. The molecule has 0 aromatic rings. The molecule has 0 spiro atoms. The van der Waals surface area contributed by atoms with Gasteiger partial charge in [0.1, 0.15) is 6.61 Å². The minimum absolute atomic E-state index is 0.312. The summed E-state index contributed by atoms with van der Waals surface area (Å²) in [4.78, 5) is 26.3. The fourth-order valence-electron chi connectivity index (χ4n) is 0.976. The Balaban J connectivity index is 3.96. The lowest BCUT2D eigenvalue weighted by molar-refractivity contribution is -0.130. The lowest BCUT2D eigenvalue weighted by Crippen LogP contribution is -2.25. The molecule has 6 heteroatoms. The van der Waals surface area contributed by atoms with Gasteiger partial charge in [0.25, 0.3) is 0 Å². The predicted octanol–water partition coefficient (Wildman–Crippen LogP) is 1.83. The van der Waals surface area contributed by atoms with Crippen LogP contribution in [0.3, 0.4) is 0 Å². The second-order valence-corrected chi connectivity index (χ2v) is 3.46. The number of carboxylic acid groups (broad SMARTS) is 1. The molecule has 0 saturated carbocycles. The first-order valence-electron chi connectivity index (χ1n) is 5.15. The number of aliphatic carboxylic acids is 1. The van der Waals surface area contributed by atoms with E-state index in [1.807, 2.05) is 0 Å². The standard InChI is InChI=1S/C10H16ClNO4/c1-2-3-4-5-6-16-12-9(10(14)15)8(13)7-11/h2-7H2,1H3,(H,14,15). The summed E-state index contributed by atoms with van der Waals surface area (Å²) in [6, 6.07) is 0. The Bertz CT molecular complexity index is 266. The lowest BCUT2D eigenvalue weighted by atomic mass is 10.2. The van der Waals surface area contributed by atoms with Crippen LogP contribution >= 0.6 is 11.6 Å². The van der Waals surface area contributed by atoms with E-state index in [1.54, 1.807) is 0 Å². The number of halogens is 1. The third-order valence-corrected chi connectivity index (χ3v) is 2.08. The van der Waals surface area contributed by atoms with E-state index >= 15 is 0 Å². The molecule has 0 aliphatic carbocycles. The SMILES string of the molecule is CCCCCCON=C(C(=O)O)C(=O)CCl. The van der Waals surface area contributed by atoms with E-state index < -0.39 is 23.3 Å². The van der Waals surface area contributed by atoms with Gasteiger partial charge >= 0.3 is 5.97 Å². The van der Waals surface area contributed by atoms with Crippen LogP contribution in [0.1, 0.15) is 32.6 Å². The van der Waals surface area contributed by atoms with E-state index in [0.29, 0.717) is 6.61 Å². The van der Waals surface area contributed by atoms with Gasteiger partial charge in [-0.3, -0.25) is 4.79 Å². The monoisotopic (exact) mass is 249 g/mol. The molecule has 0 unspecified atom stereocenters. The van der Waals surface area contributed by atoms with E-state index in [4.69, 9.17) is 21.5 Å². The normalized spacial score (nSPS) is 11.2. The Labute approximate surface area is 99.4 Å². The summed E-state index contributed by atoms with van der Waals surface area (Å²) < 4.78 is 0. The van der Waals surface area contributed by atoms with Crippen molar-refractivity contribution in [1.82, 2.24) is 0 Å². The average Bonchev–Trinajstić information content (AvgIpc) is 2.26. The Morgan fingerprint density at radius 3 is 2.50 bits per heavy atom. The maximum absolute atomic E-state index is 11.0. The number of ketones is 1. The summed E-state index contributed by atoms with van der Waals surface area (Å²) in [6.07, 6.45) is 3.99. The highest BCUT2D eigenvalue weighted by atomic mass is 35.5. The van der Waals surface area contributed by atoms with Crippen LogP contribution in [-0.4, -0.2) is 35.1 Å². The molecule has 92 valence electrons. The van der Waals surface area contributed by atoms with Crippen LogP contribution in [0.4, 0.5) is 0 Å². The number of alkyl halides is 1. The van der Waals surface area contributed by atoms with Crippen LogP contribution in [0, 0.1) is 0 Å². The van der Waals surface area contributed by atoms with Gasteiger partial charge in [0.2, 0.25) is 11.5 Å². The van der Waals surface area contributed by atoms with Crippen LogP contribution in [0.2, 0.25) is 0 Å². The van der Waals surface area contributed by atoms with Crippen molar-refractivity contribution in [3.05, 3.63) is 0 Å². The Hall–Kier alpha value is -1.10. The highest BCUT2D eigenvalue weighted by molar-refractivity contribution is 6.67. The maximum atomic E-state index is 11.0. The first kappa shape index (κ1) is 14.9. The first-order chi connectivity index (χ1) is 7.63. The summed E-state index contributed by atoms with van der Waals surface area (Å²) in [5.74, 6) is -2.58. The number of carbonyl (C=O) groups excluding carboxylic acids is 1. The second-order valence-electron chi connectivity index (χ2n) is 3.20. The number of hydrogen-bond donors (Lipinski definition) is 1. The quantitative estimate of drug-likeness (QED) is 0.222. The molecule has 0 saturated heterocycles. The molecule has 0 radical (unpaired) electrons. The summed E-state index contributed by atoms with van der Waals surface area (Å²) in [7, 11) is 0. The molecule has 0 aliphatic rings. The van der Waals surface area contributed by atoms with Crippen molar-refractivity contribution in [1.29, 1.82) is 0 Å². The summed E-state index contributed by atoms with van der Waals surface area (Å²) in [5, 5.41) is 11.9. The smallest absolute Gasteiger partial charge is 0.361 e. The van der Waals surface area contributed by atoms with E-state index in [9.17, 15) is 9.59 Å². The molecule has 0 aromatic heterocycles. The number of rotatable bonds is 9. The van der Waals surface area contributed by atoms with E-state index in [-0.39, 0.29) is 0 Å². The molecule has 0 bridgehead atoms. The Morgan fingerprint density at radius 1 is 1.31 bits per heavy atom. The van der Waals surface area contributed by atoms with Crippen molar-refractivity contribution in [2.24, 2.45) is 5.16 Å². The molecule has 0 rings (SSSR count). The van der Waals surface area contributed by atoms with Crippen LogP contribution < -0.4 is 0 Å². The van der Waals surface area contributed by atoms with Gasteiger partial charge < -0.3 is 9.94 Å². The van der Waals surface area contributed by atoms with Gasteiger partial charge in [-0.25, -0.2) is 4.79 Å². The van der Waals surface area contributed by atoms with Crippen molar-refractivity contribution in [3.63, 3.8) is 0 Å². The highest BCUT2D eigenvalue weighted by Crippen LogP contribution is 1.99. The van der Waals surface area contributed by atoms with Crippen molar-refractivity contribution in [3.8, 4) is 0 Å². The van der Waals surface area contributed by atoms with Gasteiger partial charge in [0.15, 0.2) is 0 Å². The van der Waals surface area contributed by atoms with Gasteiger partial charge in [-0.2, -0.15) is 0 Å². The summed E-state index contributed by atoms with van der Waals surface area (Å²) >= 11 is 5.22. The third kappa shape index (κ3) is 6.40. The van der Waals surface area contributed by atoms with Crippen LogP contribution in [0.15, 0.2) is 5.16 Å². The number of carboxylic acids is 1. The second kappa shape index (κ2) is 9.15. The van der Waals surface area contributed by atoms with Crippen molar-refractivity contribution >= 4 is 29.1 Å². The zero-order valence-electron chi connectivity index (χ0n) is 9.24. The number of carbonyl (C=O) groups is 2. The fourth-order valence-corrected chi connectivity index (χ4v) is 1.10. The lowest BCUT2D eigenvalue weighted by Gasteiger charge is -2.00. The Morgan fingerprint density at radius 2 is 2.00 bits per heavy atom. The molecular formula is C10H16ClNO4. The maximum Gasteiger partial charge on any atom is 0.361 e. The number of hydrogen-bond acceptors (Lipinski definition) is 4. The van der Waals surface area contributed by atoms with E-state index in [0.717, 1.165) is 25.7 Å². The van der Waals surface area contributed by atoms with Crippen LogP contribution in [0.5, 0.6) is 0 Å². The van der Waals surface area contributed by atoms with Gasteiger partial charge in [-0.15, -0.1) is 11.6 Å². The number of nitrogens with zero attached hydrogens (tertiary/aromatic N) is 1. The first-order valence-corrected chi connectivity index (χ1v) is 5.69. The summed E-state index contributed by atoms with van der Waals surface area (Å²) in [5.41, 5.74) is -0.648. The van der Waals surface area contributed by atoms with Gasteiger partial charge in [-0.05, 0) is 12.8 Å². The molecule has 0 aromatic carbocycles. The minimum Gasteiger partial charge on any atom is -0.476 e. The van der Waals surface area contributed by atoms with Crippen molar-refractivity contribution in [2.75, 3.05) is 12.5 Å². The van der Waals surface area contributed by atoms with Crippen LogP contribution in [0.25, 0.3) is 0 Å².